The zero-order valence-corrected chi connectivity index (χ0v) is 11.5. The molecule has 0 amide bonds. The van der Waals surface area contributed by atoms with Crippen LogP contribution >= 0.6 is 11.6 Å². The normalized spacial score (nSPS) is 10.9. The van der Waals surface area contributed by atoms with E-state index in [4.69, 9.17) is 17.3 Å². The third-order valence-electron chi connectivity index (χ3n) is 2.96. The van der Waals surface area contributed by atoms with E-state index in [2.05, 4.69) is 18.2 Å². The molecule has 0 fully saturated rings. The highest BCUT2D eigenvalue weighted by Crippen LogP contribution is 2.30. The van der Waals surface area contributed by atoms with Crippen molar-refractivity contribution in [3.63, 3.8) is 0 Å². The van der Waals surface area contributed by atoms with E-state index >= 15 is 0 Å². The number of nitrogens with two attached hydrogens (primary N) is 1. The van der Waals surface area contributed by atoms with Gasteiger partial charge in [0.1, 0.15) is 0 Å². The Morgan fingerprint density at radius 2 is 2.11 bits per heavy atom. The van der Waals surface area contributed by atoms with Crippen LogP contribution in [-0.4, -0.2) is 9.78 Å². The molecule has 0 unspecified atom stereocenters. The van der Waals surface area contributed by atoms with Crippen LogP contribution < -0.4 is 5.73 Å². The fraction of sp³-hybridized carbons (Fsp3) is 0.357. The molecule has 2 N–H and O–H groups in total. The number of hydrogen-bond donors (Lipinski definition) is 1. The second-order valence-electron chi connectivity index (χ2n) is 4.41. The molecule has 0 aliphatic heterocycles. The third-order valence-corrected chi connectivity index (χ3v) is 3.27. The van der Waals surface area contributed by atoms with Gasteiger partial charge in [-0.25, -0.2) is 0 Å². The highest BCUT2D eigenvalue weighted by molar-refractivity contribution is 6.33. The van der Waals surface area contributed by atoms with Crippen LogP contribution in [0.25, 0.3) is 11.1 Å². The van der Waals surface area contributed by atoms with Crippen molar-refractivity contribution >= 4 is 11.6 Å². The summed E-state index contributed by atoms with van der Waals surface area (Å²) in [6, 6.07) is 5.95. The van der Waals surface area contributed by atoms with Crippen molar-refractivity contribution in [1.82, 2.24) is 9.78 Å². The molecule has 1 aromatic heterocycles. The van der Waals surface area contributed by atoms with E-state index in [-0.39, 0.29) is 0 Å². The molecule has 1 heterocycles. The lowest BCUT2D eigenvalue weighted by molar-refractivity contribution is 0.598. The summed E-state index contributed by atoms with van der Waals surface area (Å²) >= 11 is 6.31. The van der Waals surface area contributed by atoms with Crippen molar-refractivity contribution in [2.45, 2.75) is 33.4 Å². The number of aromatic nitrogens is 2. The minimum Gasteiger partial charge on any atom is -0.326 e. The van der Waals surface area contributed by atoms with E-state index in [1.54, 1.807) is 0 Å². The van der Waals surface area contributed by atoms with Gasteiger partial charge in [0.15, 0.2) is 0 Å². The predicted octanol–water partition coefficient (Wildman–Crippen LogP) is 3.38. The third kappa shape index (κ3) is 2.57. The summed E-state index contributed by atoms with van der Waals surface area (Å²) in [5.74, 6) is 0. The lowest BCUT2D eigenvalue weighted by Crippen LogP contribution is -1.96. The first-order valence-electron chi connectivity index (χ1n) is 6.18. The SMILES string of the molecule is CCCn1cc(-c2ccc(CN)cc2Cl)c(C)n1. The monoisotopic (exact) mass is 263 g/mol. The Bertz CT molecular complexity index is 546. The van der Waals surface area contributed by atoms with E-state index in [0.717, 1.165) is 40.4 Å². The average molecular weight is 264 g/mol. The standard InChI is InChI=1S/C14H18ClN3/c1-3-6-18-9-13(10(2)17-18)12-5-4-11(8-16)7-14(12)15/h4-5,7,9H,3,6,8,16H2,1-2H3. The molecule has 3 nitrogen and oxygen atoms in total. The first-order chi connectivity index (χ1) is 8.65. The van der Waals surface area contributed by atoms with E-state index in [0.29, 0.717) is 6.54 Å². The van der Waals surface area contributed by atoms with Crippen molar-refractivity contribution in [3.05, 3.63) is 40.7 Å². The number of aryl methyl sites for hydroxylation is 2. The van der Waals surface area contributed by atoms with Crippen molar-refractivity contribution in [2.75, 3.05) is 0 Å². The van der Waals surface area contributed by atoms with Gasteiger partial charge in [-0.1, -0.05) is 30.7 Å². The second-order valence-corrected chi connectivity index (χ2v) is 4.82. The Morgan fingerprint density at radius 3 is 2.72 bits per heavy atom. The summed E-state index contributed by atoms with van der Waals surface area (Å²) in [4.78, 5) is 0. The van der Waals surface area contributed by atoms with Crippen LogP contribution in [0.3, 0.4) is 0 Å². The molecule has 0 atom stereocenters. The molecule has 2 aromatic rings. The van der Waals surface area contributed by atoms with Crippen molar-refractivity contribution in [1.29, 1.82) is 0 Å². The van der Waals surface area contributed by atoms with Gasteiger partial charge < -0.3 is 5.73 Å². The Balaban J connectivity index is 2.41. The zero-order chi connectivity index (χ0) is 13.1. The van der Waals surface area contributed by atoms with Crippen LogP contribution in [0.4, 0.5) is 0 Å². The highest BCUT2D eigenvalue weighted by atomic mass is 35.5. The topological polar surface area (TPSA) is 43.8 Å². The summed E-state index contributed by atoms with van der Waals surface area (Å²) in [5, 5.41) is 5.23. The van der Waals surface area contributed by atoms with Gasteiger partial charge in [-0.2, -0.15) is 5.10 Å². The van der Waals surface area contributed by atoms with E-state index in [1.165, 1.54) is 0 Å². The van der Waals surface area contributed by atoms with Crippen LogP contribution in [0, 0.1) is 6.92 Å². The van der Waals surface area contributed by atoms with Crippen molar-refractivity contribution in [3.8, 4) is 11.1 Å². The van der Waals surface area contributed by atoms with Crippen LogP contribution in [0.5, 0.6) is 0 Å². The molecule has 0 aliphatic carbocycles. The highest BCUT2D eigenvalue weighted by Gasteiger charge is 2.10. The molecule has 0 saturated heterocycles. The van der Waals surface area contributed by atoms with Gasteiger partial charge >= 0.3 is 0 Å². The van der Waals surface area contributed by atoms with Gasteiger partial charge in [0.2, 0.25) is 0 Å². The fourth-order valence-electron chi connectivity index (χ4n) is 2.03. The molecule has 0 spiro atoms. The van der Waals surface area contributed by atoms with Gasteiger partial charge in [0.05, 0.1) is 5.69 Å². The lowest BCUT2D eigenvalue weighted by Gasteiger charge is -2.05. The maximum Gasteiger partial charge on any atom is 0.0672 e. The minimum absolute atomic E-state index is 0.508. The summed E-state index contributed by atoms with van der Waals surface area (Å²) in [7, 11) is 0. The van der Waals surface area contributed by atoms with Crippen LogP contribution in [0.1, 0.15) is 24.6 Å². The predicted molar refractivity (Wildman–Crippen MR) is 75.6 cm³/mol. The van der Waals surface area contributed by atoms with Gasteiger partial charge in [-0.15, -0.1) is 0 Å². The zero-order valence-electron chi connectivity index (χ0n) is 10.8. The molecule has 4 heteroatoms. The maximum absolute atomic E-state index is 6.31. The van der Waals surface area contributed by atoms with Gasteiger partial charge in [0.25, 0.3) is 0 Å². The van der Waals surface area contributed by atoms with Crippen LogP contribution in [-0.2, 0) is 13.1 Å². The number of halogens is 1. The Hall–Kier alpha value is -1.32. The van der Waals surface area contributed by atoms with E-state index in [9.17, 15) is 0 Å². The lowest BCUT2D eigenvalue weighted by atomic mass is 10.0. The van der Waals surface area contributed by atoms with E-state index in [1.807, 2.05) is 29.8 Å². The summed E-state index contributed by atoms with van der Waals surface area (Å²) in [6.45, 7) is 5.59. The number of hydrogen-bond acceptors (Lipinski definition) is 2. The van der Waals surface area contributed by atoms with E-state index < -0.39 is 0 Å². The van der Waals surface area contributed by atoms with Gasteiger partial charge in [-0.05, 0) is 25.0 Å². The van der Waals surface area contributed by atoms with Crippen LogP contribution in [0.2, 0.25) is 5.02 Å². The molecule has 2 rings (SSSR count). The molecule has 0 radical (unpaired) electrons. The molecule has 0 bridgehead atoms. The largest absolute Gasteiger partial charge is 0.326 e. The maximum atomic E-state index is 6.31. The number of benzene rings is 1. The summed E-state index contributed by atoms with van der Waals surface area (Å²) in [6.07, 6.45) is 3.13. The molecule has 0 aliphatic rings. The number of rotatable bonds is 4. The van der Waals surface area contributed by atoms with Gasteiger partial charge in [-0.3, -0.25) is 4.68 Å². The molecule has 18 heavy (non-hydrogen) atoms. The molecule has 0 saturated carbocycles. The smallest absolute Gasteiger partial charge is 0.0672 e. The van der Waals surface area contributed by atoms with Crippen molar-refractivity contribution < 1.29 is 0 Å². The van der Waals surface area contributed by atoms with Crippen molar-refractivity contribution in [2.24, 2.45) is 5.73 Å². The summed E-state index contributed by atoms with van der Waals surface area (Å²) < 4.78 is 1.97. The Kier molecular flexibility index (Phi) is 4.04. The molecular formula is C14H18ClN3. The quantitative estimate of drug-likeness (QED) is 0.919. The van der Waals surface area contributed by atoms with Crippen LogP contribution in [0.15, 0.2) is 24.4 Å². The Morgan fingerprint density at radius 1 is 1.33 bits per heavy atom. The summed E-state index contributed by atoms with van der Waals surface area (Å²) in [5.41, 5.74) is 9.77. The first-order valence-corrected chi connectivity index (χ1v) is 6.56. The average Bonchev–Trinajstić information content (AvgIpc) is 2.70. The van der Waals surface area contributed by atoms with Gasteiger partial charge in [0, 0.05) is 35.4 Å². The number of nitrogens with zero attached hydrogens (tertiary/aromatic N) is 2. The second kappa shape index (κ2) is 5.55. The minimum atomic E-state index is 0.508. The first kappa shape index (κ1) is 13.1. The molecular weight excluding hydrogens is 246 g/mol. The fourth-order valence-corrected chi connectivity index (χ4v) is 2.33. The molecule has 96 valence electrons. The Labute approximate surface area is 113 Å². The molecule has 1 aromatic carbocycles.